The Morgan fingerprint density at radius 3 is 2.18 bits per heavy atom. The second kappa shape index (κ2) is 14.2. The van der Waals surface area contributed by atoms with Crippen LogP contribution in [0, 0.1) is 17.5 Å². The van der Waals surface area contributed by atoms with E-state index in [0.717, 1.165) is 6.20 Å². The fraction of sp³-hybridized carbons (Fsp3) is 0.273. The van der Waals surface area contributed by atoms with Crippen molar-refractivity contribution in [1.29, 1.82) is 0 Å². The van der Waals surface area contributed by atoms with Crippen molar-refractivity contribution < 1.29 is 26.4 Å². The minimum atomic E-state index is -3.66. The fourth-order valence-corrected chi connectivity index (χ4v) is 7.56. The lowest BCUT2D eigenvalue weighted by atomic mass is 9.84. The maximum atomic E-state index is 15.4. The van der Waals surface area contributed by atoms with Crippen molar-refractivity contribution in [3.8, 4) is 0 Å². The Morgan fingerprint density at radius 1 is 0.956 bits per heavy atom. The molecule has 1 unspecified atom stereocenters. The van der Waals surface area contributed by atoms with Gasteiger partial charge in [0.15, 0.2) is 0 Å². The van der Waals surface area contributed by atoms with Gasteiger partial charge in [-0.3, -0.25) is 9.78 Å². The smallest absolute Gasteiger partial charge is 0.240 e. The molecule has 0 radical (unpaired) electrons. The first-order valence-corrected chi connectivity index (χ1v) is 16.2. The second-order valence-corrected chi connectivity index (χ2v) is 12.9. The van der Waals surface area contributed by atoms with Crippen LogP contribution in [-0.4, -0.2) is 55.3 Å². The molecule has 236 valence electrons. The van der Waals surface area contributed by atoms with Gasteiger partial charge in [-0.05, 0) is 53.8 Å². The molecule has 5 rings (SSSR count). The van der Waals surface area contributed by atoms with Crippen LogP contribution in [0.5, 0.6) is 0 Å². The third-order valence-corrected chi connectivity index (χ3v) is 9.88. The largest absolute Gasteiger partial charge is 0.371 e. The molecule has 12 heteroatoms. The number of carbonyl (C=O) groups is 1. The van der Waals surface area contributed by atoms with Crippen molar-refractivity contribution in [1.82, 2.24) is 14.6 Å². The van der Waals surface area contributed by atoms with Gasteiger partial charge in [0.1, 0.15) is 23.5 Å². The minimum Gasteiger partial charge on any atom is -0.371 e. The summed E-state index contributed by atoms with van der Waals surface area (Å²) in [7, 11) is -3.66. The van der Waals surface area contributed by atoms with Crippen LogP contribution < -0.4 is 16.4 Å². The summed E-state index contributed by atoms with van der Waals surface area (Å²) >= 11 is 0. The Labute approximate surface area is 260 Å². The topological polar surface area (TPSA) is 117 Å². The number of amides is 1. The number of benzene rings is 3. The zero-order valence-electron chi connectivity index (χ0n) is 24.4. The number of aromatic nitrogens is 1. The molecule has 1 aliphatic heterocycles. The number of nitrogens with one attached hydrogen (secondary N) is 2. The highest BCUT2D eigenvalue weighted by atomic mass is 32.2. The standard InChI is InChI=1S/C33H34F3N5O3S/c34-25-10-6-23(7-11-25)31(24-8-12-26(35)13-9-24)32(33(37)42)40-30-20-39-19-29(36)28(30)15-14-27-18-38-16-17-41(27)45(43,44)21-22-4-2-1-3-5-22/h1-13,19-20,27,31-32,38,40H,14-18,21H2,(H2,37,42)/t27?,32-/m0/s1. The van der Waals surface area contributed by atoms with Crippen LogP contribution >= 0.6 is 0 Å². The van der Waals surface area contributed by atoms with Gasteiger partial charge in [-0.2, -0.15) is 4.31 Å². The molecule has 2 atom stereocenters. The van der Waals surface area contributed by atoms with Crippen LogP contribution in [0.1, 0.15) is 34.6 Å². The van der Waals surface area contributed by atoms with Crippen molar-refractivity contribution in [2.75, 3.05) is 25.0 Å². The molecular formula is C33H34F3N5O3S. The first kappa shape index (κ1) is 32.1. The Bertz CT molecular complexity index is 1660. The van der Waals surface area contributed by atoms with Crippen molar-refractivity contribution in [2.24, 2.45) is 5.73 Å². The summed E-state index contributed by atoms with van der Waals surface area (Å²) in [5, 5.41) is 6.29. The Kier molecular flexibility index (Phi) is 10.2. The van der Waals surface area contributed by atoms with Crippen LogP contribution in [-0.2, 0) is 27.0 Å². The molecule has 0 bridgehead atoms. The predicted molar refractivity (Wildman–Crippen MR) is 166 cm³/mol. The zero-order chi connectivity index (χ0) is 32.0. The van der Waals surface area contributed by atoms with E-state index in [1.807, 2.05) is 6.07 Å². The third kappa shape index (κ3) is 7.88. The van der Waals surface area contributed by atoms with E-state index in [-0.39, 0.29) is 36.4 Å². The minimum absolute atomic E-state index is 0.129. The van der Waals surface area contributed by atoms with Gasteiger partial charge >= 0.3 is 0 Å². The molecule has 1 saturated heterocycles. The molecule has 0 saturated carbocycles. The van der Waals surface area contributed by atoms with Crippen molar-refractivity contribution in [3.63, 3.8) is 0 Å². The van der Waals surface area contributed by atoms with Gasteiger partial charge in [0, 0.05) is 37.2 Å². The molecule has 1 amide bonds. The SMILES string of the molecule is NC(=O)[C@@H](Nc1cncc(F)c1CCC1CNCCN1S(=O)(=O)Cc1ccccc1)C(c1ccc(F)cc1)c1ccc(F)cc1. The number of nitrogens with two attached hydrogens (primary N) is 1. The van der Waals surface area contributed by atoms with E-state index < -0.39 is 51.4 Å². The van der Waals surface area contributed by atoms with E-state index in [9.17, 15) is 22.0 Å². The highest BCUT2D eigenvalue weighted by Gasteiger charge is 2.34. The summed E-state index contributed by atoms with van der Waals surface area (Å²) in [6, 6.07) is 18.3. The number of pyridine rings is 1. The summed E-state index contributed by atoms with van der Waals surface area (Å²) < 4.78 is 71.3. The molecule has 1 aromatic heterocycles. The molecular weight excluding hydrogens is 603 g/mol. The van der Waals surface area contributed by atoms with E-state index in [1.165, 1.54) is 59.0 Å². The normalized spacial score (nSPS) is 16.4. The maximum absolute atomic E-state index is 15.4. The number of piperazine rings is 1. The summed E-state index contributed by atoms with van der Waals surface area (Å²) in [5.41, 5.74) is 8.02. The number of rotatable bonds is 12. The van der Waals surface area contributed by atoms with Crippen molar-refractivity contribution in [2.45, 2.75) is 36.6 Å². The molecule has 4 aromatic rings. The van der Waals surface area contributed by atoms with Crippen LogP contribution in [0.4, 0.5) is 18.9 Å². The van der Waals surface area contributed by atoms with E-state index in [0.29, 0.717) is 29.8 Å². The molecule has 1 fully saturated rings. The first-order valence-electron chi connectivity index (χ1n) is 14.6. The van der Waals surface area contributed by atoms with Gasteiger partial charge in [0.05, 0.1) is 23.8 Å². The number of hydrogen-bond donors (Lipinski definition) is 3. The lowest BCUT2D eigenvalue weighted by Crippen LogP contribution is -2.53. The molecule has 0 spiro atoms. The number of carbonyl (C=O) groups excluding carboxylic acids is 1. The van der Waals surface area contributed by atoms with E-state index in [4.69, 9.17) is 5.73 Å². The summed E-state index contributed by atoms with van der Waals surface area (Å²) in [5.74, 6) is -3.30. The van der Waals surface area contributed by atoms with Crippen LogP contribution in [0.15, 0.2) is 91.3 Å². The van der Waals surface area contributed by atoms with Gasteiger partial charge in [-0.15, -0.1) is 0 Å². The van der Waals surface area contributed by atoms with Crippen LogP contribution in [0.2, 0.25) is 0 Å². The molecule has 8 nitrogen and oxygen atoms in total. The van der Waals surface area contributed by atoms with E-state index in [1.54, 1.807) is 24.3 Å². The molecule has 2 heterocycles. The van der Waals surface area contributed by atoms with Crippen molar-refractivity contribution >= 4 is 21.6 Å². The van der Waals surface area contributed by atoms with E-state index in [2.05, 4.69) is 15.6 Å². The summed E-state index contributed by atoms with van der Waals surface area (Å²) in [4.78, 5) is 16.9. The number of primary amides is 1. The lowest BCUT2D eigenvalue weighted by molar-refractivity contribution is -0.119. The van der Waals surface area contributed by atoms with Crippen molar-refractivity contribution in [3.05, 3.63) is 131 Å². The Balaban J connectivity index is 1.41. The van der Waals surface area contributed by atoms with Gasteiger partial charge in [0.25, 0.3) is 0 Å². The van der Waals surface area contributed by atoms with Gasteiger partial charge < -0.3 is 16.4 Å². The number of halogens is 3. The number of hydrogen-bond acceptors (Lipinski definition) is 6. The average molecular weight is 638 g/mol. The monoisotopic (exact) mass is 637 g/mol. The number of sulfonamides is 1. The maximum Gasteiger partial charge on any atom is 0.240 e. The summed E-state index contributed by atoms with van der Waals surface area (Å²) in [6.45, 7) is 1.17. The molecule has 3 aromatic carbocycles. The lowest BCUT2D eigenvalue weighted by Gasteiger charge is -2.35. The van der Waals surface area contributed by atoms with Crippen LogP contribution in [0.25, 0.3) is 0 Å². The fourth-order valence-electron chi connectivity index (χ4n) is 5.78. The quantitative estimate of drug-likeness (QED) is 0.213. The predicted octanol–water partition coefficient (Wildman–Crippen LogP) is 4.33. The Morgan fingerprint density at radius 2 is 1.58 bits per heavy atom. The van der Waals surface area contributed by atoms with Crippen LogP contribution in [0.3, 0.4) is 0 Å². The highest BCUT2D eigenvalue weighted by molar-refractivity contribution is 7.88. The molecule has 45 heavy (non-hydrogen) atoms. The highest BCUT2D eigenvalue weighted by Crippen LogP contribution is 2.32. The average Bonchev–Trinajstić information content (AvgIpc) is 3.02. The third-order valence-electron chi connectivity index (χ3n) is 7.99. The number of nitrogens with zero attached hydrogens (tertiary/aromatic N) is 2. The molecule has 0 aliphatic carbocycles. The summed E-state index contributed by atoms with van der Waals surface area (Å²) in [6.07, 6.45) is 2.85. The zero-order valence-corrected chi connectivity index (χ0v) is 25.2. The van der Waals surface area contributed by atoms with Gasteiger partial charge in [-0.25, -0.2) is 21.6 Å². The van der Waals surface area contributed by atoms with E-state index >= 15 is 4.39 Å². The second-order valence-electron chi connectivity index (χ2n) is 11.0. The Hall–Kier alpha value is -4.26. The van der Waals surface area contributed by atoms with Gasteiger partial charge in [-0.1, -0.05) is 54.6 Å². The molecule has 1 aliphatic rings. The first-order chi connectivity index (χ1) is 21.6. The molecule has 4 N–H and O–H groups in total. The number of anilines is 1. The van der Waals surface area contributed by atoms with Gasteiger partial charge in [0.2, 0.25) is 15.9 Å².